The Kier molecular flexibility index (Phi) is 7.09. The standard InChI is InChI=1S/C18H26O5S/c1-21-14-10-9-13(17(22-2)18(14)23-3)12-7-5-4-6-8-15(12)24-11-16(19)20/h9-10,12,15H,4-8,11H2,1-3H3,(H,19,20)/t12-,15-/m1/s1. The molecule has 24 heavy (non-hydrogen) atoms. The predicted octanol–water partition coefficient (Wildman–Crippen LogP) is 3.95. The van der Waals surface area contributed by atoms with Crippen LogP contribution in [0.15, 0.2) is 12.1 Å². The van der Waals surface area contributed by atoms with Crippen LogP contribution in [0, 0.1) is 0 Å². The van der Waals surface area contributed by atoms with E-state index in [4.69, 9.17) is 19.3 Å². The molecule has 1 aromatic rings. The zero-order chi connectivity index (χ0) is 17.5. The second kappa shape index (κ2) is 9.06. The van der Waals surface area contributed by atoms with Crippen LogP contribution < -0.4 is 14.2 Å². The molecule has 1 aromatic carbocycles. The molecule has 1 aliphatic rings. The van der Waals surface area contributed by atoms with Crippen molar-refractivity contribution in [1.29, 1.82) is 0 Å². The largest absolute Gasteiger partial charge is 0.493 e. The lowest BCUT2D eigenvalue weighted by atomic mass is 9.90. The first-order chi connectivity index (χ1) is 11.6. The quantitative estimate of drug-likeness (QED) is 0.748. The number of benzene rings is 1. The molecule has 0 spiro atoms. The van der Waals surface area contributed by atoms with E-state index in [1.807, 2.05) is 12.1 Å². The summed E-state index contributed by atoms with van der Waals surface area (Å²) < 4.78 is 16.5. The van der Waals surface area contributed by atoms with Crippen LogP contribution in [0.5, 0.6) is 17.2 Å². The Morgan fingerprint density at radius 1 is 1.08 bits per heavy atom. The van der Waals surface area contributed by atoms with Crippen molar-refractivity contribution in [3.05, 3.63) is 17.7 Å². The Morgan fingerprint density at radius 2 is 1.79 bits per heavy atom. The van der Waals surface area contributed by atoms with Crippen molar-refractivity contribution in [2.45, 2.75) is 43.3 Å². The minimum Gasteiger partial charge on any atom is -0.493 e. The predicted molar refractivity (Wildman–Crippen MR) is 95.8 cm³/mol. The van der Waals surface area contributed by atoms with Gasteiger partial charge in [-0.1, -0.05) is 25.3 Å². The van der Waals surface area contributed by atoms with E-state index in [1.165, 1.54) is 18.2 Å². The number of hydrogen-bond acceptors (Lipinski definition) is 5. The Balaban J connectivity index is 2.39. The monoisotopic (exact) mass is 354 g/mol. The maximum Gasteiger partial charge on any atom is 0.313 e. The number of thioether (sulfide) groups is 1. The van der Waals surface area contributed by atoms with Crippen LogP contribution in [-0.2, 0) is 4.79 Å². The summed E-state index contributed by atoms with van der Waals surface area (Å²) in [6, 6.07) is 3.94. The molecule has 0 aliphatic heterocycles. The molecule has 0 heterocycles. The third-order valence-electron chi connectivity index (χ3n) is 4.51. The van der Waals surface area contributed by atoms with Crippen molar-refractivity contribution in [3.63, 3.8) is 0 Å². The van der Waals surface area contributed by atoms with E-state index in [9.17, 15) is 4.79 Å². The number of hydrogen-bond donors (Lipinski definition) is 1. The van der Waals surface area contributed by atoms with E-state index >= 15 is 0 Å². The van der Waals surface area contributed by atoms with Gasteiger partial charge in [-0.05, 0) is 24.8 Å². The van der Waals surface area contributed by atoms with E-state index in [0.717, 1.165) is 31.2 Å². The van der Waals surface area contributed by atoms with Crippen LogP contribution in [0.1, 0.15) is 43.6 Å². The number of ether oxygens (including phenoxy) is 3. The molecule has 0 unspecified atom stereocenters. The van der Waals surface area contributed by atoms with Crippen LogP contribution in [0.25, 0.3) is 0 Å². The second-order valence-electron chi connectivity index (χ2n) is 5.91. The number of aliphatic carboxylic acids is 1. The lowest BCUT2D eigenvalue weighted by Crippen LogP contribution is -2.17. The van der Waals surface area contributed by atoms with Crippen molar-refractivity contribution >= 4 is 17.7 Å². The Bertz CT molecular complexity index is 561. The number of carboxylic acids is 1. The highest BCUT2D eigenvalue weighted by molar-refractivity contribution is 8.00. The summed E-state index contributed by atoms with van der Waals surface area (Å²) in [6.07, 6.45) is 5.54. The van der Waals surface area contributed by atoms with Crippen molar-refractivity contribution in [2.24, 2.45) is 0 Å². The molecule has 6 heteroatoms. The minimum absolute atomic E-state index is 0.136. The van der Waals surface area contributed by atoms with Gasteiger partial charge in [-0.25, -0.2) is 0 Å². The van der Waals surface area contributed by atoms with E-state index in [0.29, 0.717) is 17.2 Å². The first-order valence-electron chi connectivity index (χ1n) is 8.24. The van der Waals surface area contributed by atoms with Gasteiger partial charge in [0.05, 0.1) is 27.1 Å². The molecule has 0 amide bonds. The molecule has 0 bridgehead atoms. The van der Waals surface area contributed by atoms with Crippen molar-refractivity contribution < 1.29 is 24.1 Å². The van der Waals surface area contributed by atoms with Gasteiger partial charge < -0.3 is 19.3 Å². The maximum atomic E-state index is 11.0. The normalized spacial score (nSPS) is 21.0. The first kappa shape index (κ1) is 18.8. The Hall–Kier alpha value is -1.56. The smallest absolute Gasteiger partial charge is 0.313 e. The highest BCUT2D eigenvalue weighted by atomic mass is 32.2. The molecule has 1 N–H and O–H groups in total. The summed E-state index contributed by atoms with van der Waals surface area (Å²) in [4.78, 5) is 11.0. The third-order valence-corrected chi connectivity index (χ3v) is 5.91. The molecule has 2 atom stereocenters. The molecular formula is C18H26O5S. The van der Waals surface area contributed by atoms with Gasteiger partial charge in [0.1, 0.15) is 0 Å². The van der Waals surface area contributed by atoms with E-state index in [-0.39, 0.29) is 16.9 Å². The third kappa shape index (κ3) is 4.29. The first-order valence-corrected chi connectivity index (χ1v) is 9.29. The fraction of sp³-hybridized carbons (Fsp3) is 0.611. The van der Waals surface area contributed by atoms with Gasteiger partial charge in [0.15, 0.2) is 11.5 Å². The molecule has 134 valence electrons. The van der Waals surface area contributed by atoms with Crippen LogP contribution in [0.2, 0.25) is 0 Å². The summed E-state index contributed by atoms with van der Waals surface area (Å²) in [5.74, 6) is 1.57. The Labute approximate surface area is 147 Å². The molecule has 0 saturated heterocycles. The molecule has 0 aromatic heterocycles. The van der Waals surface area contributed by atoms with Crippen LogP contribution in [0.3, 0.4) is 0 Å². The molecule has 5 nitrogen and oxygen atoms in total. The summed E-state index contributed by atoms with van der Waals surface area (Å²) in [5.41, 5.74) is 1.08. The Morgan fingerprint density at radius 3 is 2.42 bits per heavy atom. The van der Waals surface area contributed by atoms with Crippen molar-refractivity contribution in [1.82, 2.24) is 0 Å². The summed E-state index contributed by atoms with van der Waals surface area (Å²) in [5, 5.41) is 9.31. The summed E-state index contributed by atoms with van der Waals surface area (Å²) in [7, 11) is 4.85. The van der Waals surface area contributed by atoms with Crippen LogP contribution >= 0.6 is 11.8 Å². The van der Waals surface area contributed by atoms with Crippen molar-refractivity contribution in [2.75, 3.05) is 27.1 Å². The fourth-order valence-electron chi connectivity index (χ4n) is 3.42. The van der Waals surface area contributed by atoms with Gasteiger partial charge in [-0.15, -0.1) is 11.8 Å². The van der Waals surface area contributed by atoms with E-state index in [1.54, 1.807) is 21.3 Å². The SMILES string of the molecule is COc1ccc([C@H]2CCCCC[C@H]2SCC(=O)O)c(OC)c1OC. The number of methoxy groups -OCH3 is 3. The van der Waals surface area contributed by atoms with Gasteiger partial charge in [-0.3, -0.25) is 4.79 Å². The maximum absolute atomic E-state index is 11.0. The lowest BCUT2D eigenvalue weighted by Gasteiger charge is -2.27. The number of carbonyl (C=O) groups is 1. The molecule has 1 fully saturated rings. The summed E-state index contributed by atoms with van der Waals surface area (Å²) in [6.45, 7) is 0. The van der Waals surface area contributed by atoms with E-state index < -0.39 is 5.97 Å². The average molecular weight is 354 g/mol. The zero-order valence-electron chi connectivity index (χ0n) is 14.5. The van der Waals surface area contributed by atoms with E-state index in [2.05, 4.69) is 0 Å². The molecule has 2 rings (SSSR count). The number of rotatable bonds is 7. The highest BCUT2D eigenvalue weighted by Gasteiger charge is 2.30. The van der Waals surface area contributed by atoms with Gasteiger partial charge in [0, 0.05) is 10.8 Å². The zero-order valence-corrected chi connectivity index (χ0v) is 15.4. The van der Waals surface area contributed by atoms with Gasteiger partial charge in [0.25, 0.3) is 0 Å². The lowest BCUT2D eigenvalue weighted by molar-refractivity contribution is -0.133. The summed E-state index contributed by atoms with van der Waals surface area (Å²) >= 11 is 1.54. The fourth-order valence-corrected chi connectivity index (χ4v) is 4.63. The van der Waals surface area contributed by atoms with Crippen LogP contribution in [0.4, 0.5) is 0 Å². The minimum atomic E-state index is -0.762. The van der Waals surface area contributed by atoms with Crippen LogP contribution in [-0.4, -0.2) is 43.4 Å². The second-order valence-corrected chi connectivity index (χ2v) is 7.14. The highest BCUT2D eigenvalue weighted by Crippen LogP contribution is 2.48. The average Bonchev–Trinajstić information content (AvgIpc) is 2.83. The van der Waals surface area contributed by atoms with Crippen molar-refractivity contribution in [3.8, 4) is 17.2 Å². The molecular weight excluding hydrogens is 328 g/mol. The van der Waals surface area contributed by atoms with Gasteiger partial charge in [0.2, 0.25) is 5.75 Å². The topological polar surface area (TPSA) is 65.0 Å². The molecule has 0 radical (unpaired) electrons. The molecule has 1 saturated carbocycles. The van der Waals surface area contributed by atoms with Gasteiger partial charge in [-0.2, -0.15) is 0 Å². The van der Waals surface area contributed by atoms with Gasteiger partial charge >= 0.3 is 5.97 Å². The number of carboxylic acid groups (broad SMARTS) is 1. The molecule has 1 aliphatic carbocycles.